The maximum absolute atomic E-state index is 12.2. The van der Waals surface area contributed by atoms with Gasteiger partial charge in [-0.1, -0.05) is 30.7 Å². The molecule has 26 heavy (non-hydrogen) atoms. The number of piperazine rings is 1. The Morgan fingerprint density at radius 2 is 1.88 bits per heavy atom. The highest BCUT2D eigenvalue weighted by Crippen LogP contribution is 2.09. The first-order valence-electron chi connectivity index (χ1n) is 9.46. The fraction of sp³-hybridized carbons (Fsp3) is 0.579. The fourth-order valence-electron chi connectivity index (χ4n) is 3.23. The summed E-state index contributed by atoms with van der Waals surface area (Å²) in [6.45, 7) is 9.74. The van der Waals surface area contributed by atoms with Crippen molar-refractivity contribution in [2.75, 3.05) is 39.3 Å². The molecule has 1 aromatic rings. The van der Waals surface area contributed by atoms with Crippen molar-refractivity contribution < 1.29 is 19.4 Å². The minimum atomic E-state index is -0.483. The van der Waals surface area contributed by atoms with E-state index < -0.39 is 6.04 Å². The molecule has 1 aromatic carbocycles. The third kappa shape index (κ3) is 6.94. The van der Waals surface area contributed by atoms with E-state index in [1.54, 1.807) is 6.92 Å². The third-order valence-corrected chi connectivity index (χ3v) is 4.97. The molecule has 2 amide bonds. The number of nitrogens with one attached hydrogen (secondary N) is 4. The SMILES string of the molecule is CCCNC(=O)[C@H](C)NC(=O)C[NH+]1CC[NH+](Cc2cccc(Cl)c2)CC1. The van der Waals surface area contributed by atoms with E-state index in [9.17, 15) is 9.59 Å². The standard InChI is InChI=1S/C19H29ClN4O2/c1-3-7-21-19(26)15(2)22-18(25)14-24-10-8-23(9-11-24)13-16-5-4-6-17(20)12-16/h4-6,12,15H,3,7-11,13-14H2,1-2H3,(H,21,26)(H,22,25)/p+2/t15-/m0/s1. The monoisotopic (exact) mass is 382 g/mol. The number of carbonyl (C=O) groups is 2. The van der Waals surface area contributed by atoms with Crippen LogP contribution in [0.5, 0.6) is 0 Å². The number of hydrogen-bond donors (Lipinski definition) is 4. The highest BCUT2D eigenvalue weighted by atomic mass is 35.5. The molecular weight excluding hydrogens is 352 g/mol. The Bertz CT molecular complexity index is 603. The van der Waals surface area contributed by atoms with Crippen LogP contribution in [-0.2, 0) is 16.1 Å². The molecule has 2 rings (SSSR count). The smallest absolute Gasteiger partial charge is 0.275 e. The van der Waals surface area contributed by atoms with Crippen molar-refractivity contribution in [2.24, 2.45) is 0 Å². The van der Waals surface area contributed by atoms with E-state index in [4.69, 9.17) is 11.6 Å². The second kappa shape index (κ2) is 10.5. The highest BCUT2D eigenvalue weighted by molar-refractivity contribution is 6.30. The van der Waals surface area contributed by atoms with Gasteiger partial charge in [0.1, 0.15) is 38.8 Å². The van der Waals surface area contributed by atoms with Crippen LogP contribution >= 0.6 is 11.6 Å². The molecule has 0 bridgehead atoms. The Labute approximate surface area is 160 Å². The molecule has 6 nitrogen and oxygen atoms in total. The number of amides is 2. The van der Waals surface area contributed by atoms with Gasteiger partial charge in [0.2, 0.25) is 5.91 Å². The molecule has 0 aliphatic carbocycles. The molecular formula is C19H31ClN4O2+2. The minimum absolute atomic E-state index is 0.0579. The van der Waals surface area contributed by atoms with Gasteiger partial charge < -0.3 is 20.4 Å². The lowest BCUT2D eigenvalue weighted by molar-refractivity contribution is -1.02. The van der Waals surface area contributed by atoms with Gasteiger partial charge in [-0.15, -0.1) is 0 Å². The topological polar surface area (TPSA) is 67.1 Å². The van der Waals surface area contributed by atoms with E-state index in [0.29, 0.717) is 13.1 Å². The van der Waals surface area contributed by atoms with E-state index in [0.717, 1.165) is 44.2 Å². The van der Waals surface area contributed by atoms with Crippen LogP contribution in [0.3, 0.4) is 0 Å². The Hall–Kier alpha value is -1.63. The summed E-state index contributed by atoms with van der Waals surface area (Å²) >= 11 is 6.05. The Morgan fingerprint density at radius 1 is 1.19 bits per heavy atom. The van der Waals surface area contributed by atoms with Crippen LogP contribution in [0, 0.1) is 0 Å². The van der Waals surface area contributed by atoms with Crippen LogP contribution in [0.2, 0.25) is 5.02 Å². The van der Waals surface area contributed by atoms with Gasteiger partial charge in [0.05, 0.1) is 0 Å². The summed E-state index contributed by atoms with van der Waals surface area (Å²) in [4.78, 5) is 26.8. The second-order valence-corrected chi connectivity index (χ2v) is 7.50. The van der Waals surface area contributed by atoms with Crippen LogP contribution in [0.15, 0.2) is 24.3 Å². The zero-order valence-corrected chi connectivity index (χ0v) is 16.5. The van der Waals surface area contributed by atoms with Crippen molar-refractivity contribution in [1.82, 2.24) is 10.6 Å². The summed E-state index contributed by atoms with van der Waals surface area (Å²) in [5.74, 6) is -0.177. The lowest BCUT2D eigenvalue weighted by atomic mass is 10.2. The van der Waals surface area contributed by atoms with Crippen LogP contribution < -0.4 is 20.4 Å². The molecule has 1 heterocycles. The number of halogens is 1. The van der Waals surface area contributed by atoms with Crippen molar-refractivity contribution in [2.45, 2.75) is 32.9 Å². The largest absolute Gasteiger partial charge is 0.354 e. The van der Waals surface area contributed by atoms with Crippen molar-refractivity contribution in [3.05, 3.63) is 34.9 Å². The molecule has 1 atom stereocenters. The Balaban J connectivity index is 1.69. The van der Waals surface area contributed by atoms with Crippen molar-refractivity contribution in [3.8, 4) is 0 Å². The van der Waals surface area contributed by atoms with Gasteiger partial charge in [-0.25, -0.2) is 0 Å². The highest BCUT2D eigenvalue weighted by Gasteiger charge is 2.26. The number of carbonyl (C=O) groups excluding carboxylic acids is 2. The lowest BCUT2D eigenvalue weighted by Crippen LogP contribution is -3.28. The summed E-state index contributed by atoms with van der Waals surface area (Å²) in [5, 5.41) is 6.38. The Kier molecular flexibility index (Phi) is 8.35. The van der Waals surface area contributed by atoms with E-state index >= 15 is 0 Å². The quantitative estimate of drug-likeness (QED) is 0.449. The molecule has 1 saturated heterocycles. The number of benzene rings is 1. The van der Waals surface area contributed by atoms with Gasteiger partial charge in [0, 0.05) is 17.1 Å². The van der Waals surface area contributed by atoms with E-state index in [1.807, 2.05) is 25.1 Å². The second-order valence-electron chi connectivity index (χ2n) is 7.06. The molecule has 1 aliphatic heterocycles. The molecule has 0 saturated carbocycles. The number of hydrogen-bond acceptors (Lipinski definition) is 2. The molecule has 1 fully saturated rings. The summed E-state index contributed by atoms with van der Waals surface area (Å²) in [6.07, 6.45) is 0.887. The molecule has 0 aromatic heterocycles. The summed E-state index contributed by atoms with van der Waals surface area (Å²) in [7, 11) is 0. The number of quaternary nitrogens is 2. The first-order valence-corrected chi connectivity index (χ1v) is 9.84. The normalized spacial score (nSPS) is 21.0. The van der Waals surface area contributed by atoms with Crippen LogP contribution in [0.25, 0.3) is 0 Å². The van der Waals surface area contributed by atoms with Gasteiger partial charge in [0.25, 0.3) is 5.91 Å². The van der Waals surface area contributed by atoms with Gasteiger partial charge in [-0.3, -0.25) is 9.59 Å². The van der Waals surface area contributed by atoms with Crippen molar-refractivity contribution in [1.29, 1.82) is 0 Å². The maximum Gasteiger partial charge on any atom is 0.275 e. The van der Waals surface area contributed by atoms with E-state index in [1.165, 1.54) is 15.4 Å². The van der Waals surface area contributed by atoms with E-state index in [2.05, 4.69) is 16.7 Å². The van der Waals surface area contributed by atoms with Crippen LogP contribution in [-0.4, -0.2) is 57.1 Å². The first-order chi connectivity index (χ1) is 12.5. The van der Waals surface area contributed by atoms with Gasteiger partial charge in [0.15, 0.2) is 6.54 Å². The average Bonchev–Trinajstić information content (AvgIpc) is 2.61. The van der Waals surface area contributed by atoms with Crippen LogP contribution in [0.1, 0.15) is 25.8 Å². The fourth-order valence-corrected chi connectivity index (χ4v) is 3.45. The zero-order chi connectivity index (χ0) is 18.9. The molecule has 0 spiro atoms. The molecule has 0 radical (unpaired) electrons. The third-order valence-electron chi connectivity index (χ3n) is 4.74. The molecule has 0 unspecified atom stereocenters. The molecule has 4 N–H and O–H groups in total. The van der Waals surface area contributed by atoms with Gasteiger partial charge in [-0.05, 0) is 25.5 Å². The summed E-state index contributed by atoms with van der Waals surface area (Å²) in [5.41, 5.74) is 1.25. The number of rotatable bonds is 8. The molecule has 7 heteroatoms. The molecule has 144 valence electrons. The average molecular weight is 383 g/mol. The van der Waals surface area contributed by atoms with Gasteiger partial charge >= 0.3 is 0 Å². The lowest BCUT2D eigenvalue weighted by Gasteiger charge is -2.29. The van der Waals surface area contributed by atoms with Gasteiger partial charge in [-0.2, -0.15) is 0 Å². The predicted octanol–water partition coefficient (Wildman–Crippen LogP) is -1.35. The van der Waals surface area contributed by atoms with E-state index in [-0.39, 0.29) is 11.8 Å². The summed E-state index contributed by atoms with van der Waals surface area (Å²) in [6, 6.07) is 7.52. The predicted molar refractivity (Wildman–Crippen MR) is 102 cm³/mol. The maximum atomic E-state index is 12.2. The molecule has 1 aliphatic rings. The van der Waals surface area contributed by atoms with Crippen LogP contribution in [0.4, 0.5) is 0 Å². The van der Waals surface area contributed by atoms with Crippen molar-refractivity contribution >= 4 is 23.4 Å². The first kappa shape index (κ1) is 20.7. The zero-order valence-electron chi connectivity index (χ0n) is 15.7. The van der Waals surface area contributed by atoms with Crippen molar-refractivity contribution in [3.63, 3.8) is 0 Å². The summed E-state index contributed by atoms with van der Waals surface area (Å²) < 4.78 is 0. The minimum Gasteiger partial charge on any atom is -0.354 e. The Morgan fingerprint density at radius 3 is 2.54 bits per heavy atom.